The topological polar surface area (TPSA) is 59.0 Å². The van der Waals surface area contributed by atoms with Crippen LogP contribution >= 0.6 is 12.4 Å². The Kier molecular flexibility index (Phi) is 7.31. The zero-order chi connectivity index (χ0) is 19.3. The van der Waals surface area contributed by atoms with Crippen LogP contribution in [0.25, 0.3) is 5.57 Å². The van der Waals surface area contributed by atoms with Crippen molar-refractivity contribution in [2.24, 2.45) is 0 Å². The summed E-state index contributed by atoms with van der Waals surface area (Å²) in [5.74, 6) is 0.0317. The number of carbonyl (C=O) groups is 1. The molecule has 0 amide bonds. The summed E-state index contributed by atoms with van der Waals surface area (Å²) in [5.41, 5.74) is 6.48. The molecule has 0 saturated carbocycles. The summed E-state index contributed by atoms with van der Waals surface area (Å²) >= 11 is 0. The second kappa shape index (κ2) is 9.92. The van der Waals surface area contributed by atoms with Crippen LogP contribution in [0.3, 0.4) is 0 Å². The third kappa shape index (κ3) is 4.99. The van der Waals surface area contributed by atoms with Crippen molar-refractivity contribution in [3.63, 3.8) is 0 Å². The number of ether oxygens (including phenoxy) is 2. The first-order valence-corrected chi connectivity index (χ1v) is 9.77. The highest BCUT2D eigenvalue weighted by Gasteiger charge is 2.24. The Morgan fingerprint density at radius 1 is 1.03 bits per heavy atom. The standard InChI is InChI=1S/C23H25NO4.ClH/c25-22(26)16-27-14-13-24-11-9-17(10-12-24)23-19-6-2-1-5-18(19)15-28-21-8-4-3-7-20(21)23;/h1-8H,9-16H2,(H,25,26);1H. The second-order valence-corrected chi connectivity index (χ2v) is 7.21. The number of hydrogen-bond donors (Lipinski definition) is 1. The van der Waals surface area contributed by atoms with Crippen LogP contribution in [0.2, 0.25) is 0 Å². The Bertz CT molecular complexity index is 836. The van der Waals surface area contributed by atoms with Gasteiger partial charge in [-0.25, -0.2) is 4.79 Å². The van der Waals surface area contributed by atoms with E-state index in [0.29, 0.717) is 13.2 Å². The molecule has 5 nitrogen and oxygen atoms in total. The fourth-order valence-electron chi connectivity index (χ4n) is 4.02. The summed E-state index contributed by atoms with van der Waals surface area (Å²) < 4.78 is 11.3. The highest BCUT2D eigenvalue weighted by atomic mass is 35.5. The molecule has 0 radical (unpaired) electrons. The lowest BCUT2D eigenvalue weighted by Crippen LogP contribution is -2.34. The molecule has 0 bridgehead atoms. The van der Waals surface area contributed by atoms with Crippen LogP contribution < -0.4 is 4.74 Å². The van der Waals surface area contributed by atoms with E-state index < -0.39 is 5.97 Å². The Balaban J connectivity index is 0.00000240. The van der Waals surface area contributed by atoms with Gasteiger partial charge in [0.25, 0.3) is 0 Å². The maximum Gasteiger partial charge on any atom is 0.329 e. The smallest absolute Gasteiger partial charge is 0.329 e. The molecule has 2 heterocycles. The molecular weight excluding hydrogens is 390 g/mol. The molecule has 0 aromatic heterocycles. The van der Waals surface area contributed by atoms with Crippen LogP contribution in [0.15, 0.2) is 54.1 Å². The lowest BCUT2D eigenvalue weighted by Gasteiger charge is -2.30. The van der Waals surface area contributed by atoms with Gasteiger partial charge in [-0.1, -0.05) is 48.0 Å². The third-order valence-electron chi connectivity index (χ3n) is 5.42. The van der Waals surface area contributed by atoms with Crippen LogP contribution in [0.5, 0.6) is 5.75 Å². The first kappa shape index (κ1) is 21.4. The molecule has 0 atom stereocenters. The van der Waals surface area contributed by atoms with E-state index in [-0.39, 0.29) is 19.0 Å². The number of fused-ring (bicyclic) bond motifs is 2. The minimum Gasteiger partial charge on any atom is -0.488 e. The number of piperidine rings is 1. The van der Waals surface area contributed by atoms with Crippen LogP contribution in [0.4, 0.5) is 0 Å². The fourth-order valence-corrected chi connectivity index (χ4v) is 4.02. The van der Waals surface area contributed by atoms with Crippen molar-refractivity contribution in [1.82, 2.24) is 4.90 Å². The van der Waals surface area contributed by atoms with Crippen LogP contribution in [0.1, 0.15) is 29.5 Å². The minimum absolute atomic E-state index is 0. The maximum atomic E-state index is 10.5. The Labute approximate surface area is 177 Å². The van der Waals surface area contributed by atoms with Gasteiger partial charge in [-0.15, -0.1) is 12.4 Å². The van der Waals surface area contributed by atoms with Gasteiger partial charge in [0, 0.05) is 25.2 Å². The number of hydrogen-bond acceptors (Lipinski definition) is 4. The Morgan fingerprint density at radius 3 is 2.48 bits per heavy atom. The minimum atomic E-state index is -0.918. The molecule has 4 rings (SSSR count). The first-order valence-electron chi connectivity index (χ1n) is 9.77. The quantitative estimate of drug-likeness (QED) is 0.748. The van der Waals surface area contributed by atoms with E-state index in [9.17, 15) is 4.79 Å². The van der Waals surface area contributed by atoms with Crippen molar-refractivity contribution in [3.8, 4) is 5.75 Å². The number of halogens is 1. The number of aliphatic carboxylic acids is 1. The van der Waals surface area contributed by atoms with Crippen molar-refractivity contribution in [1.29, 1.82) is 0 Å². The molecular formula is C23H26ClNO4. The average molecular weight is 416 g/mol. The van der Waals surface area contributed by atoms with Crippen molar-refractivity contribution in [2.75, 3.05) is 32.8 Å². The molecule has 29 heavy (non-hydrogen) atoms. The van der Waals surface area contributed by atoms with Gasteiger partial charge in [0.05, 0.1) is 6.61 Å². The molecule has 0 spiro atoms. The van der Waals surface area contributed by atoms with E-state index in [1.54, 1.807) is 0 Å². The summed E-state index contributed by atoms with van der Waals surface area (Å²) in [4.78, 5) is 12.9. The fraction of sp³-hybridized carbons (Fsp3) is 0.348. The van der Waals surface area contributed by atoms with Crippen molar-refractivity contribution in [2.45, 2.75) is 19.4 Å². The van der Waals surface area contributed by atoms with Gasteiger partial charge < -0.3 is 19.5 Å². The van der Waals surface area contributed by atoms with E-state index in [1.807, 2.05) is 6.07 Å². The summed E-state index contributed by atoms with van der Waals surface area (Å²) in [5, 5.41) is 8.66. The predicted octanol–water partition coefficient (Wildman–Crippen LogP) is 4.00. The van der Waals surface area contributed by atoms with Crippen LogP contribution in [-0.2, 0) is 16.1 Å². The summed E-state index contributed by atoms with van der Waals surface area (Å²) in [7, 11) is 0. The van der Waals surface area contributed by atoms with Crippen LogP contribution in [0, 0.1) is 0 Å². The lowest BCUT2D eigenvalue weighted by atomic mass is 9.86. The predicted molar refractivity (Wildman–Crippen MR) is 115 cm³/mol. The number of likely N-dealkylation sites (tertiary alicyclic amines) is 1. The summed E-state index contributed by atoms with van der Waals surface area (Å²) in [6.45, 7) is 3.51. The van der Waals surface area contributed by atoms with E-state index in [1.165, 1.54) is 27.8 Å². The molecule has 6 heteroatoms. The summed E-state index contributed by atoms with van der Waals surface area (Å²) in [6.07, 6.45) is 1.99. The highest BCUT2D eigenvalue weighted by Crippen LogP contribution is 2.40. The molecule has 2 aromatic rings. The molecule has 1 saturated heterocycles. The van der Waals surface area contributed by atoms with E-state index in [2.05, 4.69) is 47.4 Å². The molecule has 1 fully saturated rings. The Hall–Kier alpha value is -2.34. The van der Waals surface area contributed by atoms with Crippen LogP contribution in [-0.4, -0.2) is 48.8 Å². The molecule has 2 aromatic carbocycles. The Morgan fingerprint density at radius 2 is 1.72 bits per heavy atom. The molecule has 0 aliphatic carbocycles. The van der Waals surface area contributed by atoms with Gasteiger partial charge in [-0.05, 0) is 35.6 Å². The number of para-hydroxylation sites is 1. The molecule has 0 unspecified atom stereocenters. The number of nitrogens with zero attached hydrogens (tertiary/aromatic N) is 1. The molecule has 2 aliphatic heterocycles. The first-order chi connectivity index (χ1) is 13.7. The molecule has 1 N–H and O–H groups in total. The zero-order valence-electron chi connectivity index (χ0n) is 16.3. The van der Waals surface area contributed by atoms with E-state index in [4.69, 9.17) is 14.6 Å². The largest absolute Gasteiger partial charge is 0.488 e. The average Bonchev–Trinajstić information content (AvgIpc) is 2.89. The number of rotatable bonds is 5. The maximum absolute atomic E-state index is 10.5. The zero-order valence-corrected chi connectivity index (χ0v) is 17.1. The van der Waals surface area contributed by atoms with Gasteiger partial charge in [-0.3, -0.25) is 0 Å². The number of carboxylic acid groups (broad SMARTS) is 1. The van der Waals surface area contributed by atoms with Gasteiger partial charge in [-0.2, -0.15) is 0 Å². The summed E-state index contributed by atoms with van der Waals surface area (Å²) in [6, 6.07) is 16.8. The molecule has 2 aliphatic rings. The van der Waals surface area contributed by atoms with Crippen molar-refractivity contribution in [3.05, 3.63) is 70.8 Å². The monoisotopic (exact) mass is 415 g/mol. The van der Waals surface area contributed by atoms with Gasteiger partial charge in [0.1, 0.15) is 19.0 Å². The number of benzene rings is 2. The van der Waals surface area contributed by atoms with Gasteiger partial charge in [0.15, 0.2) is 0 Å². The van der Waals surface area contributed by atoms with Crippen molar-refractivity contribution < 1.29 is 19.4 Å². The third-order valence-corrected chi connectivity index (χ3v) is 5.42. The number of carboxylic acids is 1. The molecule has 154 valence electrons. The van der Waals surface area contributed by atoms with E-state index in [0.717, 1.165) is 38.2 Å². The van der Waals surface area contributed by atoms with E-state index >= 15 is 0 Å². The SMILES string of the molecule is Cl.O=C(O)COCCN1CCC(=C2c3ccccc3COc3ccccc32)CC1. The van der Waals surface area contributed by atoms with Crippen molar-refractivity contribution >= 4 is 23.9 Å². The second-order valence-electron chi connectivity index (χ2n) is 7.21. The van der Waals surface area contributed by atoms with Gasteiger partial charge >= 0.3 is 5.97 Å². The lowest BCUT2D eigenvalue weighted by molar-refractivity contribution is -0.142. The normalized spacial score (nSPS) is 16.1. The highest BCUT2D eigenvalue weighted by molar-refractivity contribution is 5.87. The van der Waals surface area contributed by atoms with Gasteiger partial charge in [0.2, 0.25) is 0 Å².